The molecular weight excluding hydrogens is 348 g/mol. The predicted octanol–water partition coefficient (Wildman–Crippen LogP) is 2.08. The number of nitrogens with zero attached hydrogens (tertiary/aromatic N) is 3. The first-order valence-corrected chi connectivity index (χ1v) is 9.26. The highest BCUT2D eigenvalue weighted by molar-refractivity contribution is 7.93. The van der Waals surface area contributed by atoms with Crippen molar-refractivity contribution in [2.45, 2.75) is 37.3 Å². The van der Waals surface area contributed by atoms with Crippen LogP contribution in [0.25, 0.3) is 0 Å². The molecule has 1 aliphatic rings. The van der Waals surface area contributed by atoms with Gasteiger partial charge < -0.3 is 4.74 Å². The molecule has 0 saturated carbocycles. The van der Waals surface area contributed by atoms with Gasteiger partial charge in [-0.15, -0.1) is 0 Å². The van der Waals surface area contributed by atoms with Crippen LogP contribution in [-0.4, -0.2) is 35.8 Å². The Morgan fingerprint density at radius 2 is 2.28 bits per heavy atom. The van der Waals surface area contributed by atoms with E-state index in [0.29, 0.717) is 12.1 Å². The number of hydrogen-bond donors (Lipinski definition) is 1. The quantitative estimate of drug-likeness (QED) is 0.618. The summed E-state index contributed by atoms with van der Waals surface area (Å²) >= 11 is 0. The number of nitrogens with one attached hydrogen (secondary N) is 1. The number of anilines is 1. The van der Waals surface area contributed by atoms with Gasteiger partial charge in [0.1, 0.15) is 0 Å². The third-order valence-corrected chi connectivity index (χ3v) is 5.53. The standard InChI is InChI=1S/C15H18N4O5S/c1-11-4-2-6-14(19(20)21)15(11)25(22,23)17-12-8-16-18(9-12)10-13-5-3-7-24-13/h2,4,6,8-9,13,17H,3,5,7,10H2,1H3. The maximum absolute atomic E-state index is 12.6. The average Bonchev–Trinajstić information content (AvgIpc) is 3.19. The number of hydrogen-bond acceptors (Lipinski definition) is 6. The molecule has 0 spiro atoms. The van der Waals surface area contributed by atoms with Gasteiger partial charge in [0.25, 0.3) is 15.7 Å². The van der Waals surface area contributed by atoms with Crippen molar-refractivity contribution in [3.8, 4) is 0 Å². The van der Waals surface area contributed by atoms with Crippen LogP contribution in [0, 0.1) is 17.0 Å². The number of rotatable bonds is 6. The minimum Gasteiger partial charge on any atom is -0.376 e. The molecule has 0 radical (unpaired) electrons. The van der Waals surface area contributed by atoms with Crippen molar-refractivity contribution in [2.24, 2.45) is 0 Å². The molecule has 10 heteroatoms. The summed E-state index contributed by atoms with van der Waals surface area (Å²) in [4.78, 5) is 10.1. The molecule has 1 aromatic heterocycles. The molecule has 25 heavy (non-hydrogen) atoms. The molecule has 1 saturated heterocycles. The summed E-state index contributed by atoms with van der Waals surface area (Å²) in [5.41, 5.74) is 0.0863. The van der Waals surface area contributed by atoms with E-state index in [4.69, 9.17) is 4.74 Å². The first kappa shape index (κ1) is 17.4. The smallest absolute Gasteiger partial charge is 0.290 e. The lowest BCUT2D eigenvalue weighted by atomic mass is 10.2. The van der Waals surface area contributed by atoms with Crippen molar-refractivity contribution in [1.29, 1.82) is 0 Å². The van der Waals surface area contributed by atoms with Crippen LogP contribution >= 0.6 is 0 Å². The Balaban J connectivity index is 1.83. The second-order valence-electron chi connectivity index (χ2n) is 5.87. The molecule has 1 unspecified atom stereocenters. The average molecular weight is 366 g/mol. The molecule has 1 aromatic carbocycles. The third kappa shape index (κ3) is 3.80. The Bertz CT molecular complexity index is 887. The Morgan fingerprint density at radius 1 is 1.48 bits per heavy atom. The summed E-state index contributed by atoms with van der Waals surface area (Å²) in [6, 6.07) is 4.14. The summed E-state index contributed by atoms with van der Waals surface area (Å²) in [7, 11) is -4.11. The van der Waals surface area contributed by atoms with Gasteiger partial charge in [-0.25, -0.2) is 8.42 Å². The van der Waals surface area contributed by atoms with Crippen molar-refractivity contribution < 1.29 is 18.1 Å². The summed E-state index contributed by atoms with van der Waals surface area (Å²) < 4.78 is 34.7. The summed E-state index contributed by atoms with van der Waals surface area (Å²) in [6.45, 7) is 2.77. The molecule has 1 aliphatic heterocycles. The monoisotopic (exact) mass is 366 g/mol. The Labute approximate surface area is 144 Å². The van der Waals surface area contributed by atoms with Crippen molar-refractivity contribution in [1.82, 2.24) is 9.78 Å². The number of nitro benzene ring substituents is 1. The fraction of sp³-hybridized carbons (Fsp3) is 0.400. The minimum absolute atomic E-state index is 0.0711. The van der Waals surface area contributed by atoms with E-state index >= 15 is 0 Å². The zero-order chi connectivity index (χ0) is 18.0. The first-order chi connectivity index (χ1) is 11.9. The molecule has 2 aromatic rings. The fourth-order valence-electron chi connectivity index (χ4n) is 2.85. The second-order valence-corrected chi connectivity index (χ2v) is 7.49. The van der Waals surface area contributed by atoms with Crippen LogP contribution < -0.4 is 4.72 Å². The van der Waals surface area contributed by atoms with E-state index in [9.17, 15) is 18.5 Å². The van der Waals surface area contributed by atoms with Gasteiger partial charge in [0.15, 0.2) is 4.90 Å². The van der Waals surface area contributed by atoms with Gasteiger partial charge in [-0.1, -0.05) is 12.1 Å². The number of sulfonamides is 1. The molecule has 3 rings (SSSR count). The normalized spacial score (nSPS) is 17.6. The van der Waals surface area contributed by atoms with Gasteiger partial charge in [0, 0.05) is 18.9 Å². The van der Waals surface area contributed by atoms with E-state index in [2.05, 4.69) is 9.82 Å². The van der Waals surface area contributed by atoms with Crippen LogP contribution in [0.15, 0.2) is 35.5 Å². The number of ether oxygens (including phenoxy) is 1. The van der Waals surface area contributed by atoms with Crippen LogP contribution in [0.3, 0.4) is 0 Å². The Kier molecular flexibility index (Phi) is 4.73. The number of benzene rings is 1. The topological polar surface area (TPSA) is 116 Å². The van der Waals surface area contributed by atoms with Crippen molar-refractivity contribution in [3.63, 3.8) is 0 Å². The van der Waals surface area contributed by atoms with Gasteiger partial charge in [-0.05, 0) is 25.3 Å². The molecule has 2 heterocycles. The van der Waals surface area contributed by atoms with Gasteiger partial charge >= 0.3 is 0 Å². The largest absolute Gasteiger partial charge is 0.376 e. The molecule has 1 fully saturated rings. The van der Waals surface area contributed by atoms with Crippen molar-refractivity contribution in [2.75, 3.05) is 11.3 Å². The number of aromatic nitrogens is 2. The Morgan fingerprint density at radius 3 is 2.96 bits per heavy atom. The lowest BCUT2D eigenvalue weighted by Gasteiger charge is -2.10. The van der Waals surface area contributed by atoms with Crippen LogP contribution in [0.1, 0.15) is 18.4 Å². The zero-order valence-electron chi connectivity index (χ0n) is 13.6. The summed E-state index contributed by atoms with van der Waals surface area (Å²) in [6.07, 6.45) is 4.93. The lowest BCUT2D eigenvalue weighted by Crippen LogP contribution is -2.16. The van der Waals surface area contributed by atoms with E-state index in [1.54, 1.807) is 10.9 Å². The first-order valence-electron chi connectivity index (χ1n) is 7.78. The van der Waals surface area contributed by atoms with Crippen LogP contribution in [0.4, 0.5) is 11.4 Å². The van der Waals surface area contributed by atoms with Crippen molar-refractivity contribution >= 4 is 21.4 Å². The zero-order valence-corrected chi connectivity index (χ0v) is 14.4. The van der Waals surface area contributed by atoms with Crippen molar-refractivity contribution in [3.05, 3.63) is 46.3 Å². The highest BCUT2D eigenvalue weighted by atomic mass is 32.2. The highest BCUT2D eigenvalue weighted by Gasteiger charge is 2.28. The summed E-state index contributed by atoms with van der Waals surface area (Å²) in [5, 5.41) is 15.3. The molecule has 0 amide bonds. The Hall–Kier alpha value is -2.46. The van der Waals surface area contributed by atoms with Gasteiger partial charge in [0.2, 0.25) is 0 Å². The molecule has 9 nitrogen and oxygen atoms in total. The van der Waals surface area contributed by atoms with Crippen LogP contribution in [0.2, 0.25) is 0 Å². The van der Waals surface area contributed by atoms with Gasteiger partial charge in [0.05, 0.1) is 29.5 Å². The molecule has 134 valence electrons. The van der Waals surface area contributed by atoms with E-state index in [-0.39, 0.29) is 16.7 Å². The van der Waals surface area contributed by atoms with Gasteiger partial charge in [-0.3, -0.25) is 19.5 Å². The summed E-state index contributed by atoms with van der Waals surface area (Å²) in [5.74, 6) is 0. The fourth-order valence-corrected chi connectivity index (χ4v) is 4.28. The molecule has 0 aliphatic carbocycles. The maximum Gasteiger partial charge on any atom is 0.290 e. The maximum atomic E-state index is 12.6. The van der Waals surface area contributed by atoms with E-state index in [0.717, 1.165) is 19.4 Å². The number of nitro groups is 1. The molecule has 1 N–H and O–H groups in total. The lowest BCUT2D eigenvalue weighted by molar-refractivity contribution is -0.387. The second kappa shape index (κ2) is 6.81. The van der Waals surface area contributed by atoms with Crippen LogP contribution in [-0.2, 0) is 21.3 Å². The van der Waals surface area contributed by atoms with Crippen LogP contribution in [0.5, 0.6) is 0 Å². The molecule has 1 atom stereocenters. The predicted molar refractivity (Wildman–Crippen MR) is 89.8 cm³/mol. The molecule has 0 bridgehead atoms. The number of aryl methyl sites for hydroxylation is 1. The third-order valence-electron chi connectivity index (χ3n) is 3.96. The highest BCUT2D eigenvalue weighted by Crippen LogP contribution is 2.28. The van der Waals surface area contributed by atoms with Gasteiger partial charge in [-0.2, -0.15) is 5.10 Å². The van der Waals surface area contributed by atoms with E-state index in [1.807, 2.05) is 0 Å². The minimum atomic E-state index is -4.11. The SMILES string of the molecule is Cc1cccc([N+](=O)[O-])c1S(=O)(=O)Nc1cnn(CC2CCCO2)c1. The van der Waals surface area contributed by atoms with E-state index < -0.39 is 20.6 Å². The molecular formula is C15H18N4O5S. The van der Waals surface area contributed by atoms with E-state index in [1.165, 1.54) is 31.3 Å².